The van der Waals surface area contributed by atoms with Crippen molar-refractivity contribution in [1.29, 1.82) is 0 Å². The van der Waals surface area contributed by atoms with Crippen LogP contribution in [0.3, 0.4) is 0 Å². The zero-order chi connectivity index (χ0) is 17.2. The normalized spacial score (nSPS) is 18.9. The summed E-state index contributed by atoms with van der Waals surface area (Å²) in [4.78, 5) is 25.2. The van der Waals surface area contributed by atoms with Gasteiger partial charge in [0.2, 0.25) is 10.0 Å². The molecule has 1 unspecified atom stereocenters. The highest BCUT2D eigenvalue weighted by Crippen LogP contribution is 2.21. The standard InChI is InChI=1S/C15H20N2O5S/c1-16(2)23(21,22)12-8-6-11(7-9-12)14(18)17-10-4-3-5-13(17)15(19)20/h6-9,13H,3-5,10H2,1-2H3,(H,19,20). The molecule has 1 aliphatic heterocycles. The number of hydrogen-bond acceptors (Lipinski definition) is 4. The van der Waals surface area contributed by atoms with E-state index in [0.717, 1.165) is 17.1 Å². The number of amides is 1. The Morgan fingerprint density at radius 1 is 1.17 bits per heavy atom. The highest BCUT2D eigenvalue weighted by Gasteiger charge is 2.32. The topological polar surface area (TPSA) is 95.0 Å². The molecule has 2 rings (SSSR count). The summed E-state index contributed by atoms with van der Waals surface area (Å²) in [7, 11) is -0.694. The molecule has 7 nitrogen and oxygen atoms in total. The van der Waals surface area contributed by atoms with E-state index in [1.807, 2.05) is 0 Å². The summed E-state index contributed by atoms with van der Waals surface area (Å²) in [5.74, 6) is -1.39. The molecule has 1 saturated heterocycles. The van der Waals surface area contributed by atoms with Gasteiger partial charge in [-0.05, 0) is 43.5 Å². The van der Waals surface area contributed by atoms with Gasteiger partial charge in [0.15, 0.2) is 0 Å². The van der Waals surface area contributed by atoms with Crippen LogP contribution in [0.15, 0.2) is 29.2 Å². The fourth-order valence-electron chi connectivity index (χ4n) is 2.58. The summed E-state index contributed by atoms with van der Waals surface area (Å²) in [6.07, 6.45) is 1.98. The molecular weight excluding hydrogens is 320 g/mol. The number of carboxylic acid groups (broad SMARTS) is 1. The number of hydrogen-bond donors (Lipinski definition) is 1. The number of rotatable bonds is 4. The Morgan fingerprint density at radius 2 is 1.78 bits per heavy atom. The Hall–Kier alpha value is -1.93. The zero-order valence-electron chi connectivity index (χ0n) is 13.1. The van der Waals surface area contributed by atoms with Crippen LogP contribution in [0.1, 0.15) is 29.6 Å². The number of likely N-dealkylation sites (tertiary alicyclic amines) is 1. The Kier molecular flexibility index (Phi) is 5.06. The zero-order valence-corrected chi connectivity index (χ0v) is 13.9. The molecule has 1 heterocycles. The summed E-state index contributed by atoms with van der Waals surface area (Å²) < 4.78 is 25.1. The molecule has 1 amide bonds. The summed E-state index contributed by atoms with van der Waals surface area (Å²) in [6.45, 7) is 0.396. The minimum atomic E-state index is -3.55. The molecule has 0 bridgehead atoms. The van der Waals surface area contributed by atoms with Gasteiger partial charge in [0.05, 0.1) is 4.90 Å². The number of piperidine rings is 1. The molecule has 0 saturated carbocycles. The predicted octanol–water partition coefficient (Wildman–Crippen LogP) is 1.02. The van der Waals surface area contributed by atoms with E-state index in [0.29, 0.717) is 13.0 Å². The second-order valence-electron chi connectivity index (χ2n) is 5.66. The molecule has 1 fully saturated rings. The van der Waals surface area contributed by atoms with Crippen molar-refractivity contribution in [2.24, 2.45) is 0 Å². The van der Waals surface area contributed by atoms with Crippen molar-refractivity contribution < 1.29 is 23.1 Å². The van der Waals surface area contributed by atoms with E-state index >= 15 is 0 Å². The quantitative estimate of drug-likeness (QED) is 0.883. The van der Waals surface area contributed by atoms with Crippen LogP contribution in [0.25, 0.3) is 0 Å². The highest BCUT2D eigenvalue weighted by molar-refractivity contribution is 7.89. The summed E-state index contributed by atoms with van der Waals surface area (Å²) in [5.41, 5.74) is 0.288. The number of nitrogens with zero attached hydrogens (tertiary/aromatic N) is 2. The molecule has 0 aliphatic carbocycles. The molecule has 126 valence electrons. The molecule has 0 aromatic heterocycles. The van der Waals surface area contributed by atoms with E-state index in [2.05, 4.69) is 0 Å². The van der Waals surface area contributed by atoms with Crippen molar-refractivity contribution in [2.45, 2.75) is 30.2 Å². The van der Waals surface area contributed by atoms with E-state index in [9.17, 15) is 23.1 Å². The maximum absolute atomic E-state index is 12.5. The van der Waals surface area contributed by atoms with Gasteiger partial charge in [-0.1, -0.05) is 0 Å². The lowest BCUT2D eigenvalue weighted by Crippen LogP contribution is -2.47. The Bertz CT molecular complexity index is 697. The largest absolute Gasteiger partial charge is 0.480 e. The van der Waals surface area contributed by atoms with Crippen molar-refractivity contribution in [3.63, 3.8) is 0 Å². The molecule has 1 aliphatic rings. The number of carbonyl (C=O) groups excluding carboxylic acids is 1. The van der Waals surface area contributed by atoms with Crippen LogP contribution in [-0.2, 0) is 14.8 Å². The minimum absolute atomic E-state index is 0.0903. The van der Waals surface area contributed by atoms with Crippen LogP contribution in [0, 0.1) is 0 Å². The van der Waals surface area contributed by atoms with Crippen molar-refractivity contribution in [2.75, 3.05) is 20.6 Å². The first-order chi connectivity index (χ1) is 10.7. The van der Waals surface area contributed by atoms with Crippen LogP contribution in [0.5, 0.6) is 0 Å². The van der Waals surface area contributed by atoms with Gasteiger partial charge in [-0.15, -0.1) is 0 Å². The maximum atomic E-state index is 12.5. The monoisotopic (exact) mass is 340 g/mol. The summed E-state index contributed by atoms with van der Waals surface area (Å²) in [6, 6.07) is 4.75. The average Bonchev–Trinajstić information content (AvgIpc) is 2.54. The van der Waals surface area contributed by atoms with E-state index in [-0.39, 0.29) is 16.4 Å². The van der Waals surface area contributed by atoms with Crippen molar-refractivity contribution >= 4 is 21.9 Å². The van der Waals surface area contributed by atoms with Gasteiger partial charge >= 0.3 is 5.97 Å². The Morgan fingerprint density at radius 3 is 2.30 bits per heavy atom. The van der Waals surface area contributed by atoms with Crippen LogP contribution in [-0.4, -0.2) is 61.3 Å². The molecule has 1 aromatic rings. The lowest BCUT2D eigenvalue weighted by atomic mass is 10.0. The van der Waals surface area contributed by atoms with E-state index in [4.69, 9.17) is 0 Å². The van der Waals surface area contributed by atoms with Crippen molar-refractivity contribution in [1.82, 2.24) is 9.21 Å². The average molecular weight is 340 g/mol. The maximum Gasteiger partial charge on any atom is 0.326 e. The lowest BCUT2D eigenvalue weighted by Gasteiger charge is -2.33. The molecule has 1 atom stereocenters. The summed E-state index contributed by atoms with van der Waals surface area (Å²) >= 11 is 0. The second kappa shape index (κ2) is 6.67. The van der Waals surface area contributed by atoms with Gasteiger partial charge in [-0.25, -0.2) is 17.5 Å². The SMILES string of the molecule is CN(C)S(=O)(=O)c1ccc(C(=O)N2CCCCC2C(=O)O)cc1. The predicted molar refractivity (Wildman–Crippen MR) is 83.6 cm³/mol. The molecule has 0 radical (unpaired) electrons. The van der Waals surface area contributed by atoms with E-state index in [1.54, 1.807) is 0 Å². The van der Waals surface area contributed by atoms with E-state index in [1.165, 1.54) is 43.3 Å². The fourth-order valence-corrected chi connectivity index (χ4v) is 3.48. The van der Waals surface area contributed by atoms with Gasteiger partial charge < -0.3 is 10.0 Å². The smallest absolute Gasteiger partial charge is 0.326 e. The third-order valence-electron chi connectivity index (χ3n) is 3.93. The highest BCUT2D eigenvalue weighted by atomic mass is 32.2. The molecule has 8 heteroatoms. The number of carbonyl (C=O) groups is 2. The number of aliphatic carboxylic acids is 1. The number of benzene rings is 1. The van der Waals surface area contributed by atoms with Gasteiger partial charge in [0.25, 0.3) is 5.91 Å². The molecular formula is C15H20N2O5S. The van der Waals surface area contributed by atoms with Gasteiger partial charge in [-0.3, -0.25) is 4.79 Å². The molecule has 1 N–H and O–H groups in total. The van der Waals surface area contributed by atoms with Gasteiger partial charge in [0, 0.05) is 26.2 Å². The number of carboxylic acids is 1. The molecule has 0 spiro atoms. The minimum Gasteiger partial charge on any atom is -0.480 e. The summed E-state index contributed by atoms with van der Waals surface area (Å²) in [5, 5.41) is 9.24. The van der Waals surface area contributed by atoms with Crippen LogP contribution in [0.4, 0.5) is 0 Å². The van der Waals surface area contributed by atoms with Crippen LogP contribution in [0.2, 0.25) is 0 Å². The molecule has 23 heavy (non-hydrogen) atoms. The fraction of sp³-hybridized carbons (Fsp3) is 0.467. The third-order valence-corrected chi connectivity index (χ3v) is 5.76. The second-order valence-corrected chi connectivity index (χ2v) is 7.81. The molecule has 1 aromatic carbocycles. The van der Waals surface area contributed by atoms with Crippen LogP contribution < -0.4 is 0 Å². The first-order valence-corrected chi connectivity index (χ1v) is 8.75. The number of sulfonamides is 1. The van der Waals surface area contributed by atoms with Crippen molar-refractivity contribution in [3.8, 4) is 0 Å². The third kappa shape index (κ3) is 3.53. The van der Waals surface area contributed by atoms with Gasteiger partial charge in [-0.2, -0.15) is 0 Å². The first-order valence-electron chi connectivity index (χ1n) is 7.31. The van der Waals surface area contributed by atoms with Crippen molar-refractivity contribution in [3.05, 3.63) is 29.8 Å². The van der Waals surface area contributed by atoms with Gasteiger partial charge in [0.1, 0.15) is 6.04 Å². The Labute approximate surface area is 135 Å². The lowest BCUT2D eigenvalue weighted by molar-refractivity contribution is -0.143. The Balaban J connectivity index is 2.25. The van der Waals surface area contributed by atoms with E-state index < -0.39 is 22.0 Å². The first kappa shape index (κ1) is 17.4. The van der Waals surface area contributed by atoms with Crippen LogP contribution >= 0.6 is 0 Å².